The summed E-state index contributed by atoms with van der Waals surface area (Å²) in [5.41, 5.74) is 0. The topological polar surface area (TPSA) is 79.5 Å². The largest absolute Gasteiger partial charge is 0.379 e. The van der Waals surface area contributed by atoms with Crippen molar-refractivity contribution in [3.63, 3.8) is 0 Å². The molecule has 0 aliphatic heterocycles. The van der Waals surface area contributed by atoms with E-state index in [-0.39, 0.29) is 24.0 Å². The number of carbonyl (C=O) groups is 2. The van der Waals surface area contributed by atoms with Crippen LogP contribution < -0.4 is 16.0 Å². The molecule has 19 heavy (non-hydrogen) atoms. The van der Waals surface area contributed by atoms with Crippen LogP contribution in [0.2, 0.25) is 0 Å². The summed E-state index contributed by atoms with van der Waals surface area (Å²) in [7, 11) is 0. The number of hydrogen-bond donors (Lipinski definition) is 3. The number of hydrogen-bond acceptors (Lipinski definition) is 3. The third-order valence-corrected chi connectivity index (χ3v) is 2.29. The molecule has 0 bridgehead atoms. The van der Waals surface area contributed by atoms with E-state index in [9.17, 15) is 9.59 Å². The Labute approximate surface area is 115 Å². The molecule has 3 amide bonds. The molecule has 0 aromatic rings. The number of amides is 3. The first-order valence-electron chi connectivity index (χ1n) is 6.84. The Kier molecular flexibility index (Phi) is 9.88. The van der Waals surface area contributed by atoms with E-state index in [0.29, 0.717) is 26.2 Å². The van der Waals surface area contributed by atoms with Gasteiger partial charge < -0.3 is 20.7 Å². The van der Waals surface area contributed by atoms with E-state index in [1.807, 2.05) is 27.7 Å². The zero-order chi connectivity index (χ0) is 14.7. The third-order valence-electron chi connectivity index (χ3n) is 2.29. The second kappa shape index (κ2) is 10.6. The first-order chi connectivity index (χ1) is 8.93. The van der Waals surface area contributed by atoms with Gasteiger partial charge in [-0.05, 0) is 20.3 Å². The van der Waals surface area contributed by atoms with Crippen LogP contribution in [0.15, 0.2) is 0 Å². The minimum absolute atomic E-state index is 0.00644. The lowest BCUT2D eigenvalue weighted by atomic mass is 10.2. The maximum absolute atomic E-state index is 11.3. The van der Waals surface area contributed by atoms with Gasteiger partial charge in [0.25, 0.3) is 0 Å². The molecule has 0 fully saturated rings. The summed E-state index contributed by atoms with van der Waals surface area (Å²) in [6, 6.07) is -0.219. The van der Waals surface area contributed by atoms with E-state index >= 15 is 0 Å². The van der Waals surface area contributed by atoms with Crippen molar-refractivity contribution in [2.45, 2.75) is 40.2 Å². The van der Waals surface area contributed by atoms with Crippen molar-refractivity contribution in [3.05, 3.63) is 0 Å². The van der Waals surface area contributed by atoms with Crippen molar-refractivity contribution in [2.24, 2.45) is 5.92 Å². The van der Waals surface area contributed by atoms with Crippen LogP contribution >= 0.6 is 0 Å². The molecule has 0 rings (SSSR count). The molecule has 6 heteroatoms. The molecule has 0 unspecified atom stereocenters. The second-order valence-corrected chi connectivity index (χ2v) is 4.90. The third kappa shape index (κ3) is 11.5. The predicted octanol–water partition coefficient (Wildman–Crippen LogP) is 0.873. The van der Waals surface area contributed by atoms with E-state index in [1.54, 1.807) is 0 Å². The van der Waals surface area contributed by atoms with Gasteiger partial charge in [0.05, 0.1) is 6.10 Å². The predicted molar refractivity (Wildman–Crippen MR) is 75.0 cm³/mol. The highest BCUT2D eigenvalue weighted by Gasteiger charge is 2.05. The van der Waals surface area contributed by atoms with Crippen molar-refractivity contribution < 1.29 is 14.3 Å². The van der Waals surface area contributed by atoms with Crippen LogP contribution in [0.4, 0.5) is 4.79 Å². The van der Waals surface area contributed by atoms with Crippen molar-refractivity contribution in [1.29, 1.82) is 0 Å². The van der Waals surface area contributed by atoms with Crippen LogP contribution in [0, 0.1) is 5.92 Å². The molecule has 3 N–H and O–H groups in total. The summed E-state index contributed by atoms with van der Waals surface area (Å²) in [6.07, 6.45) is 1.01. The fraction of sp³-hybridized carbons (Fsp3) is 0.846. The van der Waals surface area contributed by atoms with Gasteiger partial charge in [0, 0.05) is 32.2 Å². The molecule has 0 saturated heterocycles. The van der Waals surface area contributed by atoms with E-state index in [1.165, 1.54) is 0 Å². The summed E-state index contributed by atoms with van der Waals surface area (Å²) >= 11 is 0. The molecule has 0 saturated carbocycles. The van der Waals surface area contributed by atoms with Crippen LogP contribution in [-0.4, -0.2) is 44.3 Å². The Morgan fingerprint density at radius 2 is 1.53 bits per heavy atom. The molecule has 0 aromatic carbocycles. The Balaban J connectivity index is 3.38. The summed E-state index contributed by atoms with van der Waals surface area (Å²) in [5.74, 6) is -0.0390. The Bertz CT molecular complexity index is 268. The smallest absolute Gasteiger partial charge is 0.314 e. The zero-order valence-corrected chi connectivity index (χ0v) is 12.4. The normalized spacial score (nSPS) is 10.6. The number of nitrogens with one attached hydrogen (secondary N) is 3. The highest BCUT2D eigenvalue weighted by Crippen LogP contribution is 1.89. The van der Waals surface area contributed by atoms with Gasteiger partial charge in [0.1, 0.15) is 0 Å². The fourth-order valence-electron chi connectivity index (χ4n) is 1.22. The van der Waals surface area contributed by atoms with Crippen LogP contribution in [0.1, 0.15) is 34.1 Å². The molecule has 0 aromatic heterocycles. The average Bonchev–Trinajstić information content (AvgIpc) is 2.33. The SMILES string of the molecule is CC(C)OCCCNC(=O)NCCNC(=O)C(C)C. The Morgan fingerprint density at radius 1 is 0.947 bits per heavy atom. The van der Waals surface area contributed by atoms with Gasteiger partial charge in [-0.3, -0.25) is 4.79 Å². The van der Waals surface area contributed by atoms with Gasteiger partial charge in [-0.2, -0.15) is 0 Å². The monoisotopic (exact) mass is 273 g/mol. The first-order valence-corrected chi connectivity index (χ1v) is 6.84. The first kappa shape index (κ1) is 17.7. The van der Waals surface area contributed by atoms with Crippen molar-refractivity contribution in [2.75, 3.05) is 26.2 Å². The van der Waals surface area contributed by atoms with Crippen LogP contribution in [0.25, 0.3) is 0 Å². The molecular formula is C13H27N3O3. The number of carbonyl (C=O) groups excluding carboxylic acids is 2. The lowest BCUT2D eigenvalue weighted by Crippen LogP contribution is -2.41. The van der Waals surface area contributed by atoms with Gasteiger partial charge in [0.2, 0.25) is 5.91 Å². The molecular weight excluding hydrogens is 246 g/mol. The van der Waals surface area contributed by atoms with Gasteiger partial charge >= 0.3 is 6.03 Å². The summed E-state index contributed by atoms with van der Waals surface area (Å²) in [6.45, 7) is 9.70. The molecule has 0 aliphatic rings. The maximum atomic E-state index is 11.3. The van der Waals surface area contributed by atoms with Crippen molar-refractivity contribution >= 4 is 11.9 Å². The summed E-state index contributed by atoms with van der Waals surface area (Å²) in [5, 5.41) is 8.12. The van der Waals surface area contributed by atoms with E-state index in [0.717, 1.165) is 6.42 Å². The van der Waals surface area contributed by atoms with Crippen molar-refractivity contribution in [3.8, 4) is 0 Å². The fourth-order valence-corrected chi connectivity index (χ4v) is 1.22. The minimum atomic E-state index is -0.219. The van der Waals surface area contributed by atoms with Gasteiger partial charge in [-0.1, -0.05) is 13.8 Å². The van der Waals surface area contributed by atoms with Gasteiger partial charge in [-0.25, -0.2) is 4.79 Å². The lowest BCUT2D eigenvalue weighted by molar-refractivity contribution is -0.123. The molecule has 6 nitrogen and oxygen atoms in total. The molecule has 0 radical (unpaired) electrons. The number of rotatable bonds is 9. The minimum Gasteiger partial charge on any atom is -0.379 e. The highest BCUT2D eigenvalue weighted by atomic mass is 16.5. The van der Waals surface area contributed by atoms with Crippen LogP contribution in [0.3, 0.4) is 0 Å². The maximum Gasteiger partial charge on any atom is 0.314 e. The zero-order valence-electron chi connectivity index (χ0n) is 12.4. The van der Waals surface area contributed by atoms with Crippen LogP contribution in [0.5, 0.6) is 0 Å². The molecule has 0 atom stereocenters. The number of ether oxygens (including phenoxy) is 1. The number of urea groups is 1. The highest BCUT2D eigenvalue weighted by molar-refractivity contribution is 5.78. The van der Waals surface area contributed by atoms with Crippen molar-refractivity contribution in [1.82, 2.24) is 16.0 Å². The van der Waals surface area contributed by atoms with Gasteiger partial charge in [-0.15, -0.1) is 0 Å². The average molecular weight is 273 g/mol. The van der Waals surface area contributed by atoms with Gasteiger partial charge in [0.15, 0.2) is 0 Å². The second-order valence-electron chi connectivity index (χ2n) is 4.90. The van der Waals surface area contributed by atoms with E-state index in [2.05, 4.69) is 16.0 Å². The molecule has 0 aliphatic carbocycles. The Morgan fingerprint density at radius 3 is 2.11 bits per heavy atom. The van der Waals surface area contributed by atoms with E-state index < -0.39 is 0 Å². The lowest BCUT2D eigenvalue weighted by Gasteiger charge is -2.10. The quantitative estimate of drug-likeness (QED) is 0.545. The molecule has 0 spiro atoms. The van der Waals surface area contributed by atoms with Crippen LogP contribution in [-0.2, 0) is 9.53 Å². The summed E-state index contributed by atoms with van der Waals surface area (Å²) < 4.78 is 5.35. The summed E-state index contributed by atoms with van der Waals surface area (Å²) in [4.78, 5) is 22.6. The van der Waals surface area contributed by atoms with E-state index in [4.69, 9.17) is 4.74 Å². The Hall–Kier alpha value is -1.30. The molecule has 0 heterocycles. The molecule has 112 valence electrons. The standard InChI is InChI=1S/C13H27N3O3/c1-10(2)12(17)14-7-8-16-13(18)15-6-5-9-19-11(3)4/h10-11H,5-9H2,1-4H3,(H,14,17)(H2,15,16,18).